The van der Waals surface area contributed by atoms with Crippen LogP contribution in [0.15, 0.2) is 18.5 Å². The molecule has 0 bridgehead atoms. The number of halogens is 1. The molecule has 6 heteroatoms. The van der Waals surface area contributed by atoms with Gasteiger partial charge in [-0.25, -0.2) is 4.98 Å². The van der Waals surface area contributed by atoms with E-state index in [4.69, 9.17) is 11.6 Å². The highest BCUT2D eigenvalue weighted by Gasteiger charge is 2.14. The molecule has 5 nitrogen and oxygen atoms in total. The molecule has 2 aromatic rings. The minimum absolute atomic E-state index is 0.187. The highest BCUT2D eigenvalue weighted by atomic mass is 35.5. The van der Waals surface area contributed by atoms with Crippen molar-refractivity contribution in [2.45, 2.75) is 20.3 Å². The molecule has 0 unspecified atom stereocenters. The standard InChI is InChI=1S/C13H15ClN4O/c1-4-11-10(7-18(3)17-11)13(19)16-9-5-8(2)12(14)15-6-9/h5-7H,4H2,1-3H3,(H,16,19). The zero-order valence-electron chi connectivity index (χ0n) is 11.1. The monoisotopic (exact) mass is 278 g/mol. The van der Waals surface area contributed by atoms with Gasteiger partial charge in [0, 0.05) is 13.2 Å². The molecule has 0 saturated carbocycles. The molecule has 2 heterocycles. The summed E-state index contributed by atoms with van der Waals surface area (Å²) in [5, 5.41) is 7.48. The van der Waals surface area contributed by atoms with Crippen molar-refractivity contribution in [1.29, 1.82) is 0 Å². The summed E-state index contributed by atoms with van der Waals surface area (Å²) in [6.45, 7) is 3.81. The first kappa shape index (κ1) is 13.5. The van der Waals surface area contributed by atoms with E-state index in [0.29, 0.717) is 22.8 Å². The third kappa shape index (κ3) is 2.93. The Labute approximate surface area is 116 Å². The van der Waals surface area contributed by atoms with Gasteiger partial charge < -0.3 is 5.32 Å². The van der Waals surface area contributed by atoms with Crippen molar-refractivity contribution < 1.29 is 4.79 Å². The number of aryl methyl sites for hydroxylation is 3. The van der Waals surface area contributed by atoms with Gasteiger partial charge in [0.15, 0.2) is 0 Å². The first-order valence-electron chi connectivity index (χ1n) is 5.97. The maximum atomic E-state index is 12.2. The number of amides is 1. The van der Waals surface area contributed by atoms with Crippen LogP contribution in [-0.2, 0) is 13.5 Å². The number of anilines is 1. The largest absolute Gasteiger partial charge is 0.320 e. The van der Waals surface area contributed by atoms with E-state index in [2.05, 4.69) is 15.4 Å². The Balaban J connectivity index is 2.22. The number of carbonyl (C=O) groups excluding carboxylic acids is 1. The Morgan fingerprint density at radius 3 is 2.89 bits per heavy atom. The average molecular weight is 279 g/mol. The number of nitrogens with zero attached hydrogens (tertiary/aromatic N) is 3. The number of hydrogen-bond acceptors (Lipinski definition) is 3. The van der Waals surface area contributed by atoms with E-state index in [-0.39, 0.29) is 5.91 Å². The molecule has 1 amide bonds. The summed E-state index contributed by atoms with van der Waals surface area (Å²) >= 11 is 5.85. The van der Waals surface area contributed by atoms with E-state index in [9.17, 15) is 4.79 Å². The van der Waals surface area contributed by atoms with Gasteiger partial charge >= 0.3 is 0 Å². The fourth-order valence-electron chi connectivity index (χ4n) is 1.81. The van der Waals surface area contributed by atoms with E-state index >= 15 is 0 Å². The van der Waals surface area contributed by atoms with Gasteiger partial charge in [-0.2, -0.15) is 5.10 Å². The van der Waals surface area contributed by atoms with Crippen molar-refractivity contribution in [3.8, 4) is 0 Å². The second-order valence-electron chi connectivity index (χ2n) is 4.30. The topological polar surface area (TPSA) is 59.8 Å². The van der Waals surface area contributed by atoms with Crippen LogP contribution in [0, 0.1) is 6.92 Å². The second kappa shape index (κ2) is 5.40. The molecule has 0 radical (unpaired) electrons. The van der Waals surface area contributed by atoms with Crippen molar-refractivity contribution in [2.75, 3.05) is 5.32 Å². The number of carbonyl (C=O) groups is 1. The molecule has 0 aliphatic rings. The number of aromatic nitrogens is 3. The molecule has 0 saturated heterocycles. The lowest BCUT2D eigenvalue weighted by molar-refractivity contribution is 0.102. The van der Waals surface area contributed by atoms with Crippen molar-refractivity contribution in [3.63, 3.8) is 0 Å². The van der Waals surface area contributed by atoms with Gasteiger partial charge in [0.05, 0.1) is 23.1 Å². The van der Waals surface area contributed by atoms with E-state index in [1.54, 1.807) is 24.0 Å². The molecule has 19 heavy (non-hydrogen) atoms. The van der Waals surface area contributed by atoms with Crippen LogP contribution in [0.2, 0.25) is 5.15 Å². The summed E-state index contributed by atoms with van der Waals surface area (Å²) in [5.41, 5.74) is 2.80. The predicted molar refractivity (Wildman–Crippen MR) is 74.5 cm³/mol. The Kier molecular flexibility index (Phi) is 3.85. The Bertz CT molecular complexity index is 621. The van der Waals surface area contributed by atoms with E-state index < -0.39 is 0 Å². The fourth-order valence-corrected chi connectivity index (χ4v) is 1.91. The van der Waals surface area contributed by atoms with Crippen molar-refractivity contribution in [1.82, 2.24) is 14.8 Å². The molecule has 0 aliphatic carbocycles. The van der Waals surface area contributed by atoms with Crippen LogP contribution in [0.3, 0.4) is 0 Å². The SMILES string of the molecule is CCc1nn(C)cc1C(=O)Nc1cnc(Cl)c(C)c1. The van der Waals surface area contributed by atoms with Gasteiger partial charge in [-0.15, -0.1) is 0 Å². The Morgan fingerprint density at radius 2 is 2.26 bits per heavy atom. The molecular weight excluding hydrogens is 264 g/mol. The molecule has 1 N–H and O–H groups in total. The van der Waals surface area contributed by atoms with E-state index in [1.807, 2.05) is 13.8 Å². The molecule has 0 aliphatic heterocycles. The smallest absolute Gasteiger partial charge is 0.259 e. The summed E-state index contributed by atoms with van der Waals surface area (Å²) in [6, 6.07) is 1.79. The van der Waals surface area contributed by atoms with Crippen molar-refractivity contribution >= 4 is 23.2 Å². The molecule has 2 rings (SSSR count). The van der Waals surface area contributed by atoms with Crippen molar-refractivity contribution in [3.05, 3.63) is 40.4 Å². The lowest BCUT2D eigenvalue weighted by atomic mass is 10.2. The van der Waals surface area contributed by atoms with Crippen LogP contribution >= 0.6 is 11.6 Å². The van der Waals surface area contributed by atoms with Crippen LogP contribution in [0.1, 0.15) is 28.5 Å². The molecular formula is C13H15ClN4O. The number of nitrogens with one attached hydrogen (secondary N) is 1. The minimum Gasteiger partial charge on any atom is -0.320 e. The summed E-state index contributed by atoms with van der Waals surface area (Å²) in [6.07, 6.45) is 3.96. The van der Waals surface area contributed by atoms with E-state index in [1.165, 1.54) is 6.20 Å². The maximum absolute atomic E-state index is 12.2. The fraction of sp³-hybridized carbons (Fsp3) is 0.308. The number of pyridine rings is 1. The second-order valence-corrected chi connectivity index (χ2v) is 4.66. The van der Waals surface area contributed by atoms with Crippen molar-refractivity contribution in [2.24, 2.45) is 7.05 Å². The molecule has 0 atom stereocenters. The number of hydrogen-bond donors (Lipinski definition) is 1. The first-order valence-corrected chi connectivity index (χ1v) is 6.35. The van der Waals surface area contributed by atoms with Gasteiger partial charge in [0.1, 0.15) is 5.15 Å². The van der Waals surface area contributed by atoms with Crippen LogP contribution in [0.25, 0.3) is 0 Å². The Morgan fingerprint density at radius 1 is 1.53 bits per heavy atom. The molecule has 2 aromatic heterocycles. The average Bonchev–Trinajstić information content (AvgIpc) is 2.75. The summed E-state index contributed by atoms with van der Waals surface area (Å²) in [7, 11) is 1.80. The Hall–Kier alpha value is -1.88. The van der Waals surface area contributed by atoms with Crippen LogP contribution in [-0.4, -0.2) is 20.7 Å². The predicted octanol–water partition coefficient (Wildman–Crippen LogP) is 2.59. The van der Waals surface area contributed by atoms with Gasteiger partial charge in [-0.05, 0) is 25.0 Å². The van der Waals surface area contributed by atoms with Gasteiger partial charge in [-0.3, -0.25) is 9.48 Å². The molecule has 100 valence electrons. The lowest BCUT2D eigenvalue weighted by Gasteiger charge is -2.06. The summed E-state index contributed by atoms with van der Waals surface area (Å²) in [5.74, 6) is -0.187. The van der Waals surface area contributed by atoms with Gasteiger partial charge in [-0.1, -0.05) is 18.5 Å². The summed E-state index contributed by atoms with van der Waals surface area (Å²) in [4.78, 5) is 16.2. The molecule has 0 spiro atoms. The lowest BCUT2D eigenvalue weighted by Crippen LogP contribution is -2.13. The third-order valence-corrected chi connectivity index (χ3v) is 3.15. The molecule has 0 aromatic carbocycles. The minimum atomic E-state index is -0.187. The zero-order valence-corrected chi connectivity index (χ0v) is 11.8. The highest BCUT2D eigenvalue weighted by Crippen LogP contribution is 2.17. The third-order valence-electron chi connectivity index (χ3n) is 2.76. The molecule has 0 fully saturated rings. The first-order chi connectivity index (χ1) is 9.01. The van der Waals surface area contributed by atoms with E-state index in [0.717, 1.165) is 11.3 Å². The normalized spacial score (nSPS) is 10.5. The van der Waals surface area contributed by atoms with Crippen LogP contribution < -0.4 is 5.32 Å². The maximum Gasteiger partial charge on any atom is 0.259 e. The van der Waals surface area contributed by atoms with Gasteiger partial charge in [0.25, 0.3) is 5.91 Å². The summed E-state index contributed by atoms with van der Waals surface area (Å²) < 4.78 is 1.64. The quantitative estimate of drug-likeness (QED) is 0.878. The highest BCUT2D eigenvalue weighted by molar-refractivity contribution is 6.30. The zero-order chi connectivity index (χ0) is 14.0. The van der Waals surface area contributed by atoms with Crippen LogP contribution in [0.5, 0.6) is 0 Å². The number of rotatable bonds is 3. The van der Waals surface area contributed by atoms with Gasteiger partial charge in [0.2, 0.25) is 0 Å². The van der Waals surface area contributed by atoms with Crippen LogP contribution in [0.4, 0.5) is 5.69 Å².